The number of anilines is 1. The van der Waals surface area contributed by atoms with Gasteiger partial charge in [0, 0.05) is 62.2 Å². The van der Waals surface area contributed by atoms with E-state index in [1.54, 1.807) is 0 Å². The Hall–Kier alpha value is -4.53. The number of H-pyrrole nitrogens is 1. The quantitative estimate of drug-likeness (QED) is 0.183. The number of Topliss-reactive ketones (excluding diaryl/α,β-unsaturated/α-hetero) is 1. The number of nitrogens with one attached hydrogen (secondary N) is 1. The summed E-state index contributed by atoms with van der Waals surface area (Å²) in [5, 5.41) is 0. The number of carbonyl (C=O) groups excluding carboxylic acids is 1. The number of benzene rings is 3. The van der Waals surface area contributed by atoms with E-state index >= 15 is 0 Å². The lowest BCUT2D eigenvalue weighted by Crippen LogP contribution is -2.43. The van der Waals surface area contributed by atoms with Crippen LogP contribution in [0, 0.1) is 13.8 Å². The third-order valence-electron chi connectivity index (χ3n) is 8.08. The van der Waals surface area contributed by atoms with Crippen LogP contribution in [0.2, 0.25) is 0 Å². The van der Waals surface area contributed by atoms with Gasteiger partial charge in [-0.05, 0) is 91.7 Å². The fourth-order valence-corrected chi connectivity index (χ4v) is 5.33. The van der Waals surface area contributed by atoms with Crippen LogP contribution < -0.4 is 10.5 Å². The van der Waals surface area contributed by atoms with E-state index < -0.39 is 0 Å². The molecule has 5 aromatic rings. The van der Waals surface area contributed by atoms with Crippen molar-refractivity contribution in [2.24, 2.45) is 0 Å². The Labute approximate surface area is 246 Å². The van der Waals surface area contributed by atoms with Crippen molar-refractivity contribution in [3.05, 3.63) is 101 Å². The third-order valence-corrected chi connectivity index (χ3v) is 8.08. The van der Waals surface area contributed by atoms with Gasteiger partial charge in [0.2, 0.25) is 5.88 Å². The molecule has 1 fully saturated rings. The first-order chi connectivity index (χ1) is 20.3. The summed E-state index contributed by atoms with van der Waals surface area (Å²) >= 11 is 0. The summed E-state index contributed by atoms with van der Waals surface area (Å²) in [6.07, 6.45) is 2.11. The molecule has 0 amide bonds. The van der Waals surface area contributed by atoms with E-state index in [-0.39, 0.29) is 5.78 Å². The van der Waals surface area contributed by atoms with E-state index in [0.29, 0.717) is 35.1 Å². The van der Waals surface area contributed by atoms with Crippen molar-refractivity contribution in [2.45, 2.75) is 26.8 Å². The number of hydrogen-bond donors (Lipinski definition) is 2. The number of hydrogen-bond acceptors (Lipinski definition) is 7. The van der Waals surface area contributed by atoms with Crippen molar-refractivity contribution in [1.29, 1.82) is 0 Å². The highest BCUT2D eigenvalue weighted by Gasteiger charge is 2.17. The number of nitrogens with zero attached hydrogens (tertiary/aromatic N) is 4. The highest BCUT2D eigenvalue weighted by molar-refractivity contribution is 5.98. The molecule has 0 radical (unpaired) electrons. The zero-order valence-corrected chi connectivity index (χ0v) is 24.4. The number of ketones is 1. The lowest BCUT2D eigenvalue weighted by molar-refractivity contribution is 0.0992. The average Bonchev–Trinajstić information content (AvgIpc) is 3.46. The summed E-state index contributed by atoms with van der Waals surface area (Å²) in [4.78, 5) is 30.8. The van der Waals surface area contributed by atoms with Crippen molar-refractivity contribution in [3.8, 4) is 23.0 Å². The number of aromatic amines is 1. The van der Waals surface area contributed by atoms with Gasteiger partial charge in [0.15, 0.2) is 11.6 Å². The minimum atomic E-state index is 0.0870. The van der Waals surface area contributed by atoms with Crippen molar-refractivity contribution in [2.75, 3.05) is 39.0 Å². The van der Waals surface area contributed by atoms with Crippen LogP contribution >= 0.6 is 0 Å². The van der Waals surface area contributed by atoms with Crippen LogP contribution in [-0.2, 0) is 13.0 Å². The maximum absolute atomic E-state index is 13.4. The molecule has 0 spiro atoms. The zero-order valence-electron chi connectivity index (χ0n) is 24.4. The molecule has 214 valence electrons. The average molecular weight is 561 g/mol. The molecule has 3 heterocycles. The summed E-state index contributed by atoms with van der Waals surface area (Å²) in [5.41, 5.74) is 14.0. The van der Waals surface area contributed by atoms with Crippen LogP contribution in [0.3, 0.4) is 0 Å². The first kappa shape index (κ1) is 27.6. The van der Waals surface area contributed by atoms with E-state index in [1.165, 1.54) is 5.56 Å². The van der Waals surface area contributed by atoms with Crippen LogP contribution in [0.4, 0.5) is 5.69 Å². The largest absolute Gasteiger partial charge is 0.437 e. The molecule has 3 N–H and O–H groups in total. The first-order valence-electron chi connectivity index (χ1n) is 14.3. The summed E-state index contributed by atoms with van der Waals surface area (Å²) in [6, 6.07) is 21.3. The van der Waals surface area contributed by atoms with Gasteiger partial charge in [0.1, 0.15) is 11.3 Å². The summed E-state index contributed by atoms with van der Waals surface area (Å²) in [5.74, 6) is 1.67. The number of aromatic nitrogens is 3. The number of nitrogen functional groups attached to an aromatic ring is 1. The third kappa shape index (κ3) is 6.05. The number of piperazine rings is 1. The van der Waals surface area contributed by atoms with Gasteiger partial charge in [-0.1, -0.05) is 18.2 Å². The Balaban J connectivity index is 1.20. The fraction of sp³-hybridized carbons (Fsp3) is 0.265. The molecule has 2 aromatic heterocycles. The molecule has 0 saturated carbocycles. The minimum Gasteiger partial charge on any atom is -0.437 e. The maximum Gasteiger partial charge on any atom is 0.247 e. The number of ether oxygens (including phenoxy) is 1. The molecular weight excluding hydrogens is 524 g/mol. The van der Waals surface area contributed by atoms with Gasteiger partial charge < -0.3 is 20.4 Å². The molecular formula is C34H36N6O2. The minimum absolute atomic E-state index is 0.0870. The van der Waals surface area contributed by atoms with Crippen LogP contribution in [-0.4, -0.2) is 63.8 Å². The maximum atomic E-state index is 13.4. The van der Waals surface area contributed by atoms with E-state index in [2.05, 4.69) is 39.8 Å². The number of fused-ring (bicyclic) bond motifs is 1. The van der Waals surface area contributed by atoms with Crippen molar-refractivity contribution >= 4 is 22.5 Å². The van der Waals surface area contributed by atoms with Crippen LogP contribution in [0.25, 0.3) is 22.4 Å². The predicted octanol–water partition coefficient (Wildman–Crippen LogP) is 5.79. The Morgan fingerprint density at radius 1 is 0.905 bits per heavy atom. The van der Waals surface area contributed by atoms with Crippen molar-refractivity contribution < 1.29 is 9.53 Å². The van der Waals surface area contributed by atoms with Gasteiger partial charge in [0.25, 0.3) is 0 Å². The fourth-order valence-electron chi connectivity index (χ4n) is 5.33. The standard InChI is InChI=1S/C34H36N6O2/c1-22-4-11-29(42-34-32-30(12-13-36-32)37-33(38-34)24-7-9-28(35)10-8-24)19-27(22)20-31(41)25-5-6-26(23(2)18-25)21-40-16-14-39(3)15-17-40/h4-13,18-19,36H,14-17,20-21,35H2,1-3H3. The van der Waals surface area contributed by atoms with E-state index in [0.717, 1.165) is 66.1 Å². The summed E-state index contributed by atoms with van der Waals surface area (Å²) < 4.78 is 6.31. The number of rotatable bonds is 8. The van der Waals surface area contributed by atoms with E-state index in [9.17, 15) is 4.79 Å². The zero-order chi connectivity index (χ0) is 29.2. The van der Waals surface area contributed by atoms with Gasteiger partial charge in [0.05, 0.1) is 5.52 Å². The lowest BCUT2D eigenvalue weighted by Gasteiger charge is -2.32. The smallest absolute Gasteiger partial charge is 0.247 e. The molecule has 0 bridgehead atoms. The van der Waals surface area contributed by atoms with E-state index in [1.807, 2.05) is 73.8 Å². The Morgan fingerprint density at radius 2 is 1.69 bits per heavy atom. The van der Waals surface area contributed by atoms with Crippen LogP contribution in [0.5, 0.6) is 11.6 Å². The summed E-state index contributed by atoms with van der Waals surface area (Å²) in [7, 11) is 2.17. The number of likely N-dealkylation sites (N-methyl/N-ethyl adjacent to an activating group) is 1. The van der Waals surface area contributed by atoms with Gasteiger partial charge in [-0.15, -0.1) is 0 Å². The molecule has 0 aliphatic carbocycles. The monoisotopic (exact) mass is 560 g/mol. The molecule has 1 aliphatic rings. The topological polar surface area (TPSA) is 100 Å². The highest BCUT2D eigenvalue weighted by Crippen LogP contribution is 2.31. The van der Waals surface area contributed by atoms with Gasteiger partial charge >= 0.3 is 0 Å². The first-order valence-corrected chi connectivity index (χ1v) is 14.3. The van der Waals surface area contributed by atoms with Crippen LogP contribution in [0.15, 0.2) is 72.9 Å². The second-order valence-corrected chi connectivity index (χ2v) is 11.2. The molecule has 6 rings (SSSR count). The van der Waals surface area contributed by atoms with Crippen molar-refractivity contribution in [1.82, 2.24) is 24.8 Å². The molecule has 1 aliphatic heterocycles. The molecule has 1 saturated heterocycles. The molecule has 8 nitrogen and oxygen atoms in total. The Kier molecular flexibility index (Phi) is 7.73. The highest BCUT2D eigenvalue weighted by atomic mass is 16.5. The molecule has 0 atom stereocenters. The van der Waals surface area contributed by atoms with Crippen molar-refractivity contribution in [3.63, 3.8) is 0 Å². The van der Waals surface area contributed by atoms with Crippen LogP contribution in [0.1, 0.15) is 32.6 Å². The Bertz CT molecular complexity index is 1740. The number of nitrogens with two attached hydrogens (primary N) is 1. The molecule has 42 heavy (non-hydrogen) atoms. The second kappa shape index (κ2) is 11.8. The number of carbonyl (C=O) groups is 1. The normalized spacial score (nSPS) is 14.4. The predicted molar refractivity (Wildman–Crippen MR) is 167 cm³/mol. The van der Waals surface area contributed by atoms with Gasteiger partial charge in [-0.3, -0.25) is 9.69 Å². The van der Waals surface area contributed by atoms with Gasteiger partial charge in [-0.25, -0.2) is 4.98 Å². The number of aryl methyl sites for hydroxylation is 2. The SMILES string of the molecule is Cc1ccc(Oc2nc(-c3ccc(N)cc3)nc3cc[nH]c23)cc1CC(=O)c1ccc(CN2CCN(C)CC2)c(C)c1. The molecule has 8 heteroatoms. The second-order valence-electron chi connectivity index (χ2n) is 11.2. The molecule has 3 aromatic carbocycles. The molecule has 0 unspecified atom stereocenters. The summed E-state index contributed by atoms with van der Waals surface area (Å²) in [6.45, 7) is 9.36. The Morgan fingerprint density at radius 3 is 2.45 bits per heavy atom. The van der Waals surface area contributed by atoms with E-state index in [4.69, 9.17) is 15.5 Å². The van der Waals surface area contributed by atoms with Gasteiger partial charge in [-0.2, -0.15) is 4.98 Å². The lowest BCUT2D eigenvalue weighted by atomic mass is 9.96.